The molecule has 2 aromatic rings. The van der Waals surface area contributed by atoms with Crippen LogP contribution in [0.15, 0.2) is 36.4 Å². The summed E-state index contributed by atoms with van der Waals surface area (Å²) in [7, 11) is 0. The van der Waals surface area contributed by atoms with Crippen LogP contribution in [0.5, 0.6) is 0 Å². The Morgan fingerprint density at radius 1 is 0.611 bits per heavy atom. The van der Waals surface area contributed by atoms with Crippen LogP contribution in [-0.4, -0.2) is 79.5 Å². The molecule has 0 fully saturated rings. The average molecular weight is 502 g/mol. The molecule has 0 spiro atoms. The summed E-state index contributed by atoms with van der Waals surface area (Å²) in [5.41, 5.74) is -1.62. The highest BCUT2D eigenvalue weighted by Crippen LogP contribution is 2.20. The van der Waals surface area contributed by atoms with Gasteiger partial charge in [-0.15, -0.1) is 0 Å². The third kappa shape index (κ3) is 7.45. The summed E-state index contributed by atoms with van der Waals surface area (Å²) < 4.78 is 20.2. The van der Waals surface area contributed by atoms with E-state index < -0.39 is 35.2 Å². The summed E-state index contributed by atoms with van der Waals surface area (Å²) in [4.78, 5) is 61.1. The number of carboxylic acid groups (broad SMARTS) is 2. The molecule has 0 unspecified atom stereocenters. The van der Waals surface area contributed by atoms with Crippen molar-refractivity contribution < 1.29 is 53.1 Å². The molecule has 0 aliphatic rings. The standard InChI is InChI=1S/C25H26O11/c1-3-33-9-11-35-24(31)18-8-6-15(13-19(18)23(29)30)21(26)16-5-7-17(22(27)28)20(14-16)25(32)36-12-10-34-4-2/h5-8,13-14H,3-4,9-12H2,1-2H3,(H,27,28)(H,29,30). The van der Waals surface area contributed by atoms with Crippen LogP contribution in [0.4, 0.5) is 0 Å². The van der Waals surface area contributed by atoms with Gasteiger partial charge in [0.15, 0.2) is 5.78 Å². The zero-order valence-corrected chi connectivity index (χ0v) is 19.8. The van der Waals surface area contributed by atoms with Crippen molar-refractivity contribution in [3.05, 3.63) is 69.8 Å². The molecule has 2 N–H and O–H groups in total. The normalized spacial score (nSPS) is 10.5. The first-order valence-corrected chi connectivity index (χ1v) is 11.0. The van der Waals surface area contributed by atoms with Crippen LogP contribution in [0.2, 0.25) is 0 Å². The second-order valence-corrected chi connectivity index (χ2v) is 7.13. The Morgan fingerprint density at radius 2 is 1.06 bits per heavy atom. The Balaban J connectivity index is 2.34. The number of rotatable bonds is 14. The van der Waals surface area contributed by atoms with E-state index in [1.807, 2.05) is 0 Å². The van der Waals surface area contributed by atoms with Gasteiger partial charge in [0.25, 0.3) is 0 Å². The van der Waals surface area contributed by atoms with Crippen molar-refractivity contribution in [1.29, 1.82) is 0 Å². The smallest absolute Gasteiger partial charge is 0.339 e. The van der Waals surface area contributed by atoms with Crippen LogP contribution < -0.4 is 0 Å². The Hall–Kier alpha value is -4.09. The first-order chi connectivity index (χ1) is 17.2. The molecule has 2 aromatic carbocycles. The van der Waals surface area contributed by atoms with E-state index in [4.69, 9.17) is 18.9 Å². The van der Waals surface area contributed by atoms with Gasteiger partial charge in [0.2, 0.25) is 0 Å². The van der Waals surface area contributed by atoms with Gasteiger partial charge in [-0.05, 0) is 38.1 Å². The van der Waals surface area contributed by atoms with Crippen LogP contribution >= 0.6 is 0 Å². The van der Waals surface area contributed by atoms with Crippen LogP contribution in [0.3, 0.4) is 0 Å². The number of esters is 2. The quantitative estimate of drug-likeness (QED) is 0.222. The summed E-state index contributed by atoms with van der Waals surface area (Å²) in [5.74, 6) is -5.41. The van der Waals surface area contributed by atoms with Crippen LogP contribution in [0, 0.1) is 0 Å². The molecule has 0 atom stereocenters. The lowest BCUT2D eigenvalue weighted by Gasteiger charge is -2.11. The molecule has 0 saturated heterocycles. The molecule has 0 aliphatic heterocycles. The van der Waals surface area contributed by atoms with Crippen LogP contribution in [0.1, 0.15) is 71.2 Å². The number of ketones is 1. The zero-order valence-electron chi connectivity index (χ0n) is 19.8. The summed E-state index contributed by atoms with van der Waals surface area (Å²) in [6, 6.07) is 6.73. The average Bonchev–Trinajstić information content (AvgIpc) is 2.87. The molecule has 0 aromatic heterocycles. The predicted octanol–water partition coefficient (Wildman–Crippen LogP) is 2.70. The van der Waals surface area contributed by atoms with Gasteiger partial charge in [-0.2, -0.15) is 0 Å². The highest BCUT2D eigenvalue weighted by Gasteiger charge is 2.24. The first-order valence-electron chi connectivity index (χ1n) is 11.0. The number of carbonyl (C=O) groups excluding carboxylic acids is 3. The van der Waals surface area contributed by atoms with E-state index in [2.05, 4.69) is 0 Å². The number of hydrogen-bond acceptors (Lipinski definition) is 9. The molecule has 11 heteroatoms. The minimum Gasteiger partial charge on any atom is -0.478 e. The van der Waals surface area contributed by atoms with Gasteiger partial charge in [-0.1, -0.05) is 12.1 Å². The third-order valence-electron chi connectivity index (χ3n) is 4.79. The molecular formula is C25H26O11. The fourth-order valence-electron chi connectivity index (χ4n) is 3.08. The Kier molecular flexibility index (Phi) is 10.7. The lowest BCUT2D eigenvalue weighted by Crippen LogP contribution is -2.17. The van der Waals surface area contributed by atoms with Gasteiger partial charge >= 0.3 is 23.9 Å². The van der Waals surface area contributed by atoms with Crippen molar-refractivity contribution in [1.82, 2.24) is 0 Å². The fraction of sp³-hybridized carbons (Fsp3) is 0.320. The summed E-state index contributed by atoms with van der Waals surface area (Å²) in [6.45, 7) is 4.42. The Labute approximate surface area is 206 Å². The molecule has 192 valence electrons. The second kappa shape index (κ2) is 13.7. The van der Waals surface area contributed by atoms with E-state index in [0.717, 1.165) is 24.3 Å². The van der Waals surface area contributed by atoms with Gasteiger partial charge in [0.05, 0.1) is 35.5 Å². The molecule has 36 heavy (non-hydrogen) atoms. The van der Waals surface area contributed by atoms with Crippen LogP contribution in [0.25, 0.3) is 0 Å². The van der Waals surface area contributed by atoms with Gasteiger partial charge in [0.1, 0.15) is 13.2 Å². The fourth-order valence-corrected chi connectivity index (χ4v) is 3.08. The van der Waals surface area contributed by atoms with Gasteiger partial charge in [0, 0.05) is 24.3 Å². The van der Waals surface area contributed by atoms with E-state index in [0.29, 0.717) is 13.2 Å². The van der Waals surface area contributed by atoms with Crippen molar-refractivity contribution in [2.45, 2.75) is 13.8 Å². The summed E-state index contributed by atoms with van der Waals surface area (Å²) in [5, 5.41) is 19.0. The maximum absolute atomic E-state index is 13.1. The molecular weight excluding hydrogens is 476 g/mol. The largest absolute Gasteiger partial charge is 0.478 e. The topological polar surface area (TPSA) is 163 Å². The monoisotopic (exact) mass is 502 g/mol. The highest BCUT2D eigenvalue weighted by molar-refractivity contribution is 6.13. The van der Waals surface area contributed by atoms with E-state index in [-0.39, 0.29) is 54.2 Å². The molecule has 11 nitrogen and oxygen atoms in total. The van der Waals surface area contributed by atoms with E-state index in [9.17, 15) is 34.2 Å². The van der Waals surface area contributed by atoms with E-state index in [1.54, 1.807) is 13.8 Å². The number of carbonyl (C=O) groups is 5. The summed E-state index contributed by atoms with van der Waals surface area (Å²) >= 11 is 0. The third-order valence-corrected chi connectivity index (χ3v) is 4.79. The van der Waals surface area contributed by atoms with Crippen molar-refractivity contribution in [3.63, 3.8) is 0 Å². The molecule has 0 amide bonds. The van der Waals surface area contributed by atoms with Crippen molar-refractivity contribution in [2.24, 2.45) is 0 Å². The lowest BCUT2D eigenvalue weighted by atomic mass is 9.95. The minimum atomic E-state index is -1.46. The highest BCUT2D eigenvalue weighted by atomic mass is 16.6. The number of carboxylic acids is 2. The Bertz CT molecular complexity index is 1140. The van der Waals surface area contributed by atoms with Crippen molar-refractivity contribution in [2.75, 3.05) is 39.6 Å². The van der Waals surface area contributed by atoms with Gasteiger partial charge in [-0.3, -0.25) is 4.79 Å². The SMILES string of the molecule is CCOCCOC(=O)c1ccc(C(=O)c2ccc(C(=O)O)c(C(=O)OCCOCC)c2)cc1C(=O)O. The molecule has 0 heterocycles. The number of benzene rings is 2. The molecule has 0 aliphatic carbocycles. The van der Waals surface area contributed by atoms with Gasteiger partial charge < -0.3 is 29.2 Å². The Morgan fingerprint density at radius 3 is 1.53 bits per heavy atom. The maximum Gasteiger partial charge on any atom is 0.339 e. The van der Waals surface area contributed by atoms with Gasteiger partial charge in [-0.25, -0.2) is 19.2 Å². The molecule has 0 saturated carbocycles. The first kappa shape index (κ1) is 28.1. The summed E-state index contributed by atoms with van der Waals surface area (Å²) in [6.07, 6.45) is 0. The number of ether oxygens (including phenoxy) is 4. The number of hydrogen-bond donors (Lipinski definition) is 2. The minimum absolute atomic E-state index is 0.0776. The number of aromatic carboxylic acids is 2. The molecule has 0 bridgehead atoms. The van der Waals surface area contributed by atoms with Crippen LogP contribution in [-0.2, 0) is 18.9 Å². The molecule has 2 rings (SSSR count). The van der Waals surface area contributed by atoms with Crippen molar-refractivity contribution >= 4 is 29.7 Å². The zero-order chi connectivity index (χ0) is 26.7. The maximum atomic E-state index is 13.1. The molecule has 0 radical (unpaired) electrons. The van der Waals surface area contributed by atoms with Crippen molar-refractivity contribution in [3.8, 4) is 0 Å². The van der Waals surface area contributed by atoms with E-state index in [1.165, 1.54) is 12.1 Å². The van der Waals surface area contributed by atoms with E-state index >= 15 is 0 Å². The second-order valence-electron chi connectivity index (χ2n) is 7.13. The predicted molar refractivity (Wildman–Crippen MR) is 124 cm³/mol. The lowest BCUT2D eigenvalue weighted by molar-refractivity contribution is 0.0326.